The smallest absolute Gasteiger partial charge is 0.153 e. The molecule has 6 heteroatoms. The first-order valence-electron chi connectivity index (χ1n) is 6.56. The molecular formula is C12H23N3O2S. The monoisotopic (exact) mass is 273 g/mol. The average molecular weight is 273 g/mol. The van der Waals surface area contributed by atoms with E-state index in [1.54, 1.807) is 0 Å². The van der Waals surface area contributed by atoms with Crippen molar-refractivity contribution in [2.45, 2.75) is 32.2 Å². The van der Waals surface area contributed by atoms with Gasteiger partial charge >= 0.3 is 0 Å². The van der Waals surface area contributed by atoms with Crippen LogP contribution in [-0.4, -0.2) is 56.5 Å². The Labute approximate surface area is 110 Å². The number of hydrogen-bond donors (Lipinski definition) is 1. The molecule has 1 saturated heterocycles. The first-order valence-corrected chi connectivity index (χ1v) is 8.38. The second-order valence-electron chi connectivity index (χ2n) is 4.84. The number of hydrogen-bond acceptors (Lipinski definition) is 5. The van der Waals surface area contributed by atoms with Crippen LogP contribution in [0.2, 0.25) is 0 Å². The highest BCUT2D eigenvalue weighted by atomic mass is 32.2. The van der Waals surface area contributed by atoms with E-state index in [0.29, 0.717) is 19.4 Å². The van der Waals surface area contributed by atoms with Gasteiger partial charge in [-0.05, 0) is 25.9 Å². The minimum Gasteiger partial charge on any atom is -0.303 e. The van der Waals surface area contributed by atoms with Crippen molar-refractivity contribution < 1.29 is 8.42 Å². The first kappa shape index (κ1) is 15.4. The van der Waals surface area contributed by atoms with Crippen LogP contribution in [0.15, 0.2) is 0 Å². The summed E-state index contributed by atoms with van der Waals surface area (Å²) < 4.78 is 23.3. The van der Waals surface area contributed by atoms with E-state index < -0.39 is 15.4 Å². The zero-order chi connectivity index (χ0) is 13.6. The summed E-state index contributed by atoms with van der Waals surface area (Å²) in [7, 11) is -3.06. The highest BCUT2D eigenvalue weighted by Gasteiger charge is 2.38. The van der Waals surface area contributed by atoms with Crippen LogP contribution in [-0.2, 0) is 9.84 Å². The largest absolute Gasteiger partial charge is 0.303 e. The lowest BCUT2D eigenvalue weighted by molar-refractivity contribution is 0.284. The summed E-state index contributed by atoms with van der Waals surface area (Å²) in [6, 6.07) is 2.17. The molecule has 0 radical (unpaired) electrons. The third-order valence-electron chi connectivity index (χ3n) is 3.53. The van der Waals surface area contributed by atoms with Gasteiger partial charge in [-0.1, -0.05) is 13.8 Å². The lowest BCUT2D eigenvalue weighted by atomic mass is 9.97. The van der Waals surface area contributed by atoms with Crippen LogP contribution in [0, 0.1) is 11.3 Å². The molecule has 1 aliphatic heterocycles. The molecule has 104 valence electrons. The number of sulfone groups is 1. The molecule has 1 N–H and O–H groups in total. The molecule has 1 unspecified atom stereocenters. The van der Waals surface area contributed by atoms with E-state index in [-0.39, 0.29) is 11.5 Å². The quantitative estimate of drug-likeness (QED) is 0.758. The first-order chi connectivity index (χ1) is 8.47. The molecule has 0 amide bonds. The van der Waals surface area contributed by atoms with E-state index in [2.05, 4.69) is 30.1 Å². The number of nitriles is 1. The van der Waals surface area contributed by atoms with E-state index in [4.69, 9.17) is 0 Å². The summed E-state index contributed by atoms with van der Waals surface area (Å²) in [6.45, 7) is 7.62. The lowest BCUT2D eigenvalue weighted by Crippen LogP contribution is -2.54. The standard InChI is InChI=1S/C12H23N3O2S/c1-3-15(4-2)8-7-14-12(10-13)6-5-9-18(16,17)11-12/h14H,3-9,11H2,1-2H3. The Morgan fingerprint density at radius 1 is 1.39 bits per heavy atom. The van der Waals surface area contributed by atoms with Gasteiger partial charge in [-0.25, -0.2) is 8.42 Å². The Bertz CT molecular complexity index is 398. The van der Waals surface area contributed by atoms with Crippen LogP contribution >= 0.6 is 0 Å². The normalized spacial score (nSPS) is 27.0. The van der Waals surface area contributed by atoms with Gasteiger partial charge in [-0.2, -0.15) is 5.26 Å². The maximum absolute atomic E-state index is 11.6. The van der Waals surface area contributed by atoms with Gasteiger partial charge in [0.15, 0.2) is 9.84 Å². The van der Waals surface area contributed by atoms with E-state index in [1.807, 2.05) is 0 Å². The maximum Gasteiger partial charge on any atom is 0.153 e. The Hall–Kier alpha value is -0.640. The molecule has 1 fully saturated rings. The fourth-order valence-corrected chi connectivity index (χ4v) is 4.16. The van der Waals surface area contributed by atoms with Crippen LogP contribution in [0.3, 0.4) is 0 Å². The molecule has 0 aromatic rings. The minimum atomic E-state index is -3.06. The van der Waals surface area contributed by atoms with Crippen molar-refractivity contribution in [3.8, 4) is 6.07 Å². The maximum atomic E-state index is 11.6. The summed E-state index contributed by atoms with van der Waals surface area (Å²) in [6.07, 6.45) is 1.20. The number of rotatable bonds is 6. The molecule has 1 aliphatic rings. The van der Waals surface area contributed by atoms with Gasteiger partial charge in [0, 0.05) is 13.1 Å². The van der Waals surface area contributed by atoms with Crippen molar-refractivity contribution in [3.05, 3.63) is 0 Å². The molecule has 1 rings (SSSR count). The van der Waals surface area contributed by atoms with E-state index in [9.17, 15) is 13.7 Å². The van der Waals surface area contributed by atoms with E-state index in [0.717, 1.165) is 19.6 Å². The Balaban J connectivity index is 2.54. The molecule has 0 bridgehead atoms. The molecule has 18 heavy (non-hydrogen) atoms. The summed E-state index contributed by atoms with van der Waals surface area (Å²) in [4.78, 5) is 2.25. The molecule has 0 aromatic heterocycles. The summed E-state index contributed by atoms with van der Waals surface area (Å²) in [5, 5.41) is 12.4. The number of nitrogens with one attached hydrogen (secondary N) is 1. The SMILES string of the molecule is CCN(CC)CCNC1(C#N)CCCS(=O)(=O)C1. The fourth-order valence-electron chi connectivity index (χ4n) is 2.37. The van der Waals surface area contributed by atoms with Gasteiger partial charge in [-0.3, -0.25) is 5.32 Å². The zero-order valence-electron chi connectivity index (χ0n) is 11.3. The number of likely N-dealkylation sites (N-methyl/N-ethyl adjacent to an activating group) is 1. The van der Waals surface area contributed by atoms with Crippen molar-refractivity contribution in [2.75, 3.05) is 37.7 Å². The highest BCUT2D eigenvalue weighted by molar-refractivity contribution is 7.91. The Morgan fingerprint density at radius 2 is 2.06 bits per heavy atom. The molecule has 5 nitrogen and oxygen atoms in total. The molecule has 1 heterocycles. The van der Waals surface area contributed by atoms with Crippen LogP contribution in [0.4, 0.5) is 0 Å². The van der Waals surface area contributed by atoms with Gasteiger partial charge in [-0.15, -0.1) is 0 Å². The summed E-state index contributed by atoms with van der Waals surface area (Å²) in [5.41, 5.74) is -0.871. The minimum absolute atomic E-state index is 0.0469. The second-order valence-corrected chi connectivity index (χ2v) is 7.03. The van der Waals surface area contributed by atoms with Gasteiger partial charge in [0.2, 0.25) is 0 Å². The van der Waals surface area contributed by atoms with Gasteiger partial charge in [0.25, 0.3) is 0 Å². The fraction of sp³-hybridized carbons (Fsp3) is 0.917. The zero-order valence-corrected chi connectivity index (χ0v) is 12.1. The molecule has 0 aliphatic carbocycles. The highest BCUT2D eigenvalue weighted by Crippen LogP contribution is 2.22. The average Bonchev–Trinajstić information content (AvgIpc) is 2.33. The molecule has 0 spiro atoms. The van der Waals surface area contributed by atoms with Crippen LogP contribution in [0.1, 0.15) is 26.7 Å². The number of nitrogens with zero attached hydrogens (tertiary/aromatic N) is 2. The van der Waals surface area contributed by atoms with Crippen LogP contribution < -0.4 is 5.32 Å². The molecule has 1 atom stereocenters. The van der Waals surface area contributed by atoms with Crippen molar-refractivity contribution in [2.24, 2.45) is 0 Å². The lowest BCUT2D eigenvalue weighted by Gasteiger charge is -2.32. The van der Waals surface area contributed by atoms with Crippen molar-refractivity contribution >= 4 is 9.84 Å². The van der Waals surface area contributed by atoms with Crippen LogP contribution in [0.5, 0.6) is 0 Å². The topological polar surface area (TPSA) is 73.2 Å². The van der Waals surface area contributed by atoms with Gasteiger partial charge in [0.1, 0.15) is 5.54 Å². The van der Waals surface area contributed by atoms with Crippen molar-refractivity contribution in [1.29, 1.82) is 5.26 Å². The predicted octanol–water partition coefficient (Wildman–Crippen LogP) is 0.389. The third-order valence-corrected chi connectivity index (χ3v) is 5.37. The Kier molecular flexibility index (Phi) is 5.57. The van der Waals surface area contributed by atoms with E-state index >= 15 is 0 Å². The molecular weight excluding hydrogens is 250 g/mol. The summed E-state index contributed by atoms with van der Waals surface area (Å²) in [5.74, 6) is 0.170. The third kappa shape index (κ3) is 4.23. The Morgan fingerprint density at radius 3 is 2.56 bits per heavy atom. The second kappa shape index (κ2) is 6.50. The molecule has 0 aromatic carbocycles. The summed E-state index contributed by atoms with van der Waals surface area (Å²) >= 11 is 0. The predicted molar refractivity (Wildman–Crippen MR) is 72.0 cm³/mol. The van der Waals surface area contributed by atoms with Crippen molar-refractivity contribution in [1.82, 2.24) is 10.2 Å². The molecule has 0 saturated carbocycles. The van der Waals surface area contributed by atoms with Crippen molar-refractivity contribution in [3.63, 3.8) is 0 Å². The van der Waals surface area contributed by atoms with Crippen LogP contribution in [0.25, 0.3) is 0 Å². The van der Waals surface area contributed by atoms with Gasteiger partial charge < -0.3 is 4.90 Å². The van der Waals surface area contributed by atoms with Gasteiger partial charge in [0.05, 0.1) is 17.6 Å². The van der Waals surface area contributed by atoms with E-state index in [1.165, 1.54) is 0 Å².